The molecule has 0 bridgehead atoms. The molecule has 0 radical (unpaired) electrons. The highest BCUT2D eigenvalue weighted by atomic mass is 79.9. The summed E-state index contributed by atoms with van der Waals surface area (Å²) in [6.45, 7) is 1.59. The summed E-state index contributed by atoms with van der Waals surface area (Å²) in [6, 6.07) is 0. The molecule has 0 saturated heterocycles. The van der Waals surface area contributed by atoms with E-state index in [0.717, 1.165) is 6.20 Å². The summed E-state index contributed by atoms with van der Waals surface area (Å²) in [5.74, 6) is 0. The van der Waals surface area contributed by atoms with Crippen molar-refractivity contribution in [3.05, 3.63) is 27.5 Å². The Bertz CT molecular complexity index is 384. The summed E-state index contributed by atoms with van der Waals surface area (Å²) < 4.78 is 25.1. The van der Waals surface area contributed by atoms with E-state index < -0.39 is 17.2 Å². The third-order valence-electron chi connectivity index (χ3n) is 1.65. The second-order valence-corrected chi connectivity index (χ2v) is 3.70. The minimum Gasteiger partial charge on any atom is -0.276 e. The fourth-order valence-electron chi connectivity index (χ4n) is 0.960. The average Bonchev–Trinajstić information content (AvgIpc) is 2.08. The number of hydrogen-bond acceptors (Lipinski definition) is 2. The molecular weight excluding hydrogens is 279 g/mol. The second kappa shape index (κ2) is 4.31. The molecule has 0 unspecified atom stereocenters. The molecule has 0 aliphatic carbocycles. The monoisotopic (exact) mass is 283 g/mol. The molecule has 1 aromatic heterocycles. The Hall–Kier alpha value is -0.550. The van der Waals surface area contributed by atoms with E-state index in [1.807, 2.05) is 0 Å². The Balaban J connectivity index is 3.45. The number of rotatable bonds is 2. The lowest BCUT2D eigenvalue weighted by Gasteiger charge is -2.08. The Morgan fingerprint density at radius 3 is 2.64 bits per heavy atom. The maximum absolute atomic E-state index is 12.4. The molecule has 0 amide bonds. The minimum atomic E-state index is -2.77. The predicted octanol–water partition coefficient (Wildman–Crippen LogP) is 3.47. The van der Waals surface area contributed by atoms with Crippen LogP contribution >= 0.6 is 27.5 Å². The van der Waals surface area contributed by atoms with Crippen LogP contribution in [0.15, 0.2) is 10.7 Å². The van der Waals surface area contributed by atoms with Gasteiger partial charge in [-0.05, 0) is 34.5 Å². The van der Waals surface area contributed by atoms with E-state index >= 15 is 0 Å². The van der Waals surface area contributed by atoms with Gasteiger partial charge in [0.15, 0.2) is 0 Å². The van der Waals surface area contributed by atoms with Gasteiger partial charge in [-0.15, -0.1) is 0 Å². The van der Waals surface area contributed by atoms with Gasteiger partial charge in [0.1, 0.15) is 0 Å². The number of pyridine rings is 1. The zero-order chi connectivity index (χ0) is 10.9. The number of hydrogen-bond donors (Lipinski definition) is 0. The maximum Gasteiger partial charge on any atom is 0.266 e. The molecule has 0 fully saturated rings. The normalized spacial score (nSPS) is 10.7. The Kier molecular flexibility index (Phi) is 3.55. The van der Waals surface area contributed by atoms with Crippen molar-refractivity contribution in [1.29, 1.82) is 0 Å². The molecular formula is C8H5BrClF2NO. The molecule has 1 heterocycles. The van der Waals surface area contributed by atoms with Crippen molar-refractivity contribution in [1.82, 2.24) is 4.98 Å². The van der Waals surface area contributed by atoms with Crippen LogP contribution in [0.3, 0.4) is 0 Å². The highest BCUT2D eigenvalue weighted by molar-refractivity contribution is 9.10. The average molecular weight is 284 g/mol. The zero-order valence-corrected chi connectivity index (χ0v) is 9.36. The molecule has 0 atom stereocenters. The van der Waals surface area contributed by atoms with Crippen molar-refractivity contribution in [3.63, 3.8) is 0 Å². The molecule has 1 rings (SSSR count). The summed E-state index contributed by atoms with van der Waals surface area (Å²) in [4.78, 5) is 14.6. The Morgan fingerprint density at radius 1 is 1.64 bits per heavy atom. The van der Waals surface area contributed by atoms with Crippen LogP contribution in [0.2, 0.25) is 0 Å². The minimum absolute atomic E-state index is 0.214. The summed E-state index contributed by atoms with van der Waals surface area (Å²) in [5, 5.41) is -0.919. The lowest BCUT2D eigenvalue weighted by molar-refractivity contribution is 0.106. The Labute approximate surface area is 92.4 Å². The summed E-state index contributed by atoms with van der Waals surface area (Å²) >= 11 is 8.20. The first-order valence-electron chi connectivity index (χ1n) is 3.58. The molecule has 1 aromatic rings. The number of halogens is 4. The lowest BCUT2D eigenvalue weighted by Crippen LogP contribution is -2.03. The van der Waals surface area contributed by atoms with Gasteiger partial charge in [-0.25, -0.2) is 8.78 Å². The van der Waals surface area contributed by atoms with E-state index in [9.17, 15) is 13.6 Å². The molecule has 0 N–H and O–H groups in total. The second-order valence-electron chi connectivity index (χ2n) is 2.56. The van der Waals surface area contributed by atoms with Gasteiger partial charge in [0.05, 0.1) is 15.7 Å². The smallest absolute Gasteiger partial charge is 0.266 e. The molecule has 2 nitrogen and oxygen atoms in total. The quantitative estimate of drug-likeness (QED) is 0.778. The number of aromatic nitrogens is 1. The van der Waals surface area contributed by atoms with Crippen molar-refractivity contribution < 1.29 is 13.6 Å². The van der Waals surface area contributed by atoms with Gasteiger partial charge in [0, 0.05) is 11.8 Å². The highest BCUT2D eigenvalue weighted by Gasteiger charge is 2.21. The standard InChI is InChI=1S/C8H5BrClF2NO/c1-3-6(9)5(7(10)14)4(2-13-3)8(11)12/h2,8H,1H3. The van der Waals surface area contributed by atoms with E-state index in [-0.39, 0.29) is 10.0 Å². The van der Waals surface area contributed by atoms with E-state index in [2.05, 4.69) is 20.9 Å². The molecule has 0 aromatic carbocycles. The molecule has 6 heteroatoms. The van der Waals surface area contributed by atoms with Crippen LogP contribution in [-0.2, 0) is 0 Å². The van der Waals surface area contributed by atoms with Gasteiger partial charge in [0.25, 0.3) is 11.7 Å². The third kappa shape index (κ3) is 2.09. The summed E-state index contributed by atoms with van der Waals surface area (Å²) in [5.41, 5.74) is -0.227. The fourth-order valence-corrected chi connectivity index (χ4v) is 1.79. The van der Waals surface area contributed by atoms with Gasteiger partial charge in [-0.3, -0.25) is 9.78 Å². The molecule has 0 aliphatic heterocycles. The van der Waals surface area contributed by atoms with Crippen LogP contribution in [0.25, 0.3) is 0 Å². The number of alkyl halides is 2. The molecule has 14 heavy (non-hydrogen) atoms. The van der Waals surface area contributed by atoms with E-state index in [1.54, 1.807) is 6.92 Å². The first kappa shape index (κ1) is 11.5. The van der Waals surface area contributed by atoms with Crippen LogP contribution in [0, 0.1) is 6.92 Å². The van der Waals surface area contributed by atoms with Crippen molar-refractivity contribution in [2.24, 2.45) is 0 Å². The van der Waals surface area contributed by atoms with Crippen molar-refractivity contribution in [2.75, 3.05) is 0 Å². The largest absolute Gasteiger partial charge is 0.276 e. The highest BCUT2D eigenvalue weighted by Crippen LogP contribution is 2.30. The lowest BCUT2D eigenvalue weighted by atomic mass is 10.1. The van der Waals surface area contributed by atoms with Crippen LogP contribution in [0.5, 0.6) is 0 Å². The number of aryl methyl sites for hydroxylation is 1. The van der Waals surface area contributed by atoms with E-state index in [4.69, 9.17) is 11.6 Å². The molecule has 0 spiro atoms. The first-order valence-corrected chi connectivity index (χ1v) is 4.75. The van der Waals surface area contributed by atoms with Gasteiger partial charge < -0.3 is 0 Å². The van der Waals surface area contributed by atoms with Crippen LogP contribution in [0.4, 0.5) is 8.78 Å². The molecule has 76 valence electrons. The number of carbonyl (C=O) groups excluding carboxylic acids is 1. The van der Waals surface area contributed by atoms with Crippen LogP contribution in [0.1, 0.15) is 28.0 Å². The first-order chi connectivity index (χ1) is 6.45. The summed E-state index contributed by atoms with van der Waals surface area (Å²) in [7, 11) is 0. The molecule has 0 aliphatic rings. The number of carbonyl (C=O) groups is 1. The Morgan fingerprint density at radius 2 is 2.21 bits per heavy atom. The van der Waals surface area contributed by atoms with Crippen LogP contribution in [-0.4, -0.2) is 10.2 Å². The summed E-state index contributed by atoms with van der Waals surface area (Å²) in [6.07, 6.45) is -1.81. The maximum atomic E-state index is 12.4. The van der Waals surface area contributed by atoms with Crippen molar-refractivity contribution >= 4 is 32.8 Å². The van der Waals surface area contributed by atoms with Crippen molar-refractivity contribution in [3.8, 4) is 0 Å². The van der Waals surface area contributed by atoms with Crippen molar-refractivity contribution in [2.45, 2.75) is 13.3 Å². The third-order valence-corrected chi connectivity index (χ3v) is 2.81. The van der Waals surface area contributed by atoms with Crippen LogP contribution < -0.4 is 0 Å². The van der Waals surface area contributed by atoms with E-state index in [1.165, 1.54) is 0 Å². The zero-order valence-electron chi connectivity index (χ0n) is 7.02. The SMILES string of the molecule is Cc1ncc(C(F)F)c(C(=O)Cl)c1Br. The van der Waals surface area contributed by atoms with E-state index in [0.29, 0.717) is 5.69 Å². The number of nitrogens with zero attached hydrogens (tertiary/aromatic N) is 1. The fraction of sp³-hybridized carbons (Fsp3) is 0.250. The van der Waals surface area contributed by atoms with Gasteiger partial charge >= 0.3 is 0 Å². The van der Waals surface area contributed by atoms with Gasteiger partial charge in [0.2, 0.25) is 0 Å². The predicted molar refractivity (Wildman–Crippen MR) is 51.8 cm³/mol. The topological polar surface area (TPSA) is 30.0 Å². The van der Waals surface area contributed by atoms with Gasteiger partial charge in [-0.2, -0.15) is 0 Å². The molecule has 0 saturated carbocycles. The van der Waals surface area contributed by atoms with Gasteiger partial charge in [-0.1, -0.05) is 0 Å².